The fraction of sp³-hybridized carbons (Fsp3) is 0.286. The summed E-state index contributed by atoms with van der Waals surface area (Å²) in [4.78, 5) is 4.37. The molecule has 124 valence electrons. The van der Waals surface area contributed by atoms with Crippen molar-refractivity contribution in [3.63, 3.8) is 0 Å². The van der Waals surface area contributed by atoms with Crippen LogP contribution in [0.2, 0.25) is 0 Å². The molecule has 2 aromatic rings. The van der Waals surface area contributed by atoms with Crippen molar-refractivity contribution >= 4 is 27.7 Å². The number of hydrogen-bond acceptors (Lipinski definition) is 5. The van der Waals surface area contributed by atoms with E-state index in [1.54, 1.807) is 12.1 Å². The minimum atomic E-state index is -3.50. The van der Waals surface area contributed by atoms with Gasteiger partial charge in [-0.2, -0.15) is 5.10 Å². The van der Waals surface area contributed by atoms with E-state index in [4.69, 9.17) is 5.14 Å². The summed E-state index contributed by atoms with van der Waals surface area (Å²) in [5, 5.41) is 15.3. The monoisotopic (exact) mass is 327 g/mol. The second kappa shape index (κ2) is 5.90. The summed E-state index contributed by atoms with van der Waals surface area (Å²) in [5.41, 5.74) is 1.79. The van der Waals surface area contributed by atoms with Gasteiger partial charge in [0.05, 0.1) is 11.4 Å². The van der Waals surface area contributed by atoms with Crippen LogP contribution in [0.4, 0.5) is 11.6 Å². The SMILES string of the molecule is NS(=O)(=O)C/C=C/c1cccc(Nc2cc(C3CC3)[nH]n2)n1.[HH].[HH].[HH].[HH]. The maximum atomic E-state index is 10.9. The Balaban J connectivity index is 0. The summed E-state index contributed by atoms with van der Waals surface area (Å²) in [6, 6.07) is 7.43. The maximum Gasteiger partial charge on any atom is 0.212 e. The largest absolute Gasteiger partial charge is 0.323 e. The van der Waals surface area contributed by atoms with Gasteiger partial charge in [0.25, 0.3) is 0 Å². The average molecular weight is 327 g/mol. The number of aromatic amines is 1. The van der Waals surface area contributed by atoms with Crippen LogP contribution in [0.3, 0.4) is 0 Å². The Kier molecular flexibility index (Phi) is 3.95. The number of H-pyrrole nitrogens is 1. The van der Waals surface area contributed by atoms with E-state index >= 15 is 0 Å². The highest BCUT2D eigenvalue weighted by molar-refractivity contribution is 7.89. The van der Waals surface area contributed by atoms with Gasteiger partial charge in [-0.1, -0.05) is 12.1 Å². The molecule has 1 fully saturated rings. The van der Waals surface area contributed by atoms with E-state index in [9.17, 15) is 8.42 Å². The molecule has 2 aromatic heterocycles. The number of primary sulfonamides is 1. The van der Waals surface area contributed by atoms with Crippen LogP contribution in [0, 0.1) is 0 Å². The molecule has 0 unspecified atom stereocenters. The molecule has 0 spiro atoms. The lowest BCUT2D eigenvalue weighted by Gasteiger charge is -2.02. The van der Waals surface area contributed by atoms with Crippen LogP contribution in [-0.4, -0.2) is 29.4 Å². The Morgan fingerprint density at radius 1 is 1.41 bits per heavy atom. The van der Waals surface area contributed by atoms with Crippen molar-refractivity contribution in [1.82, 2.24) is 15.2 Å². The first-order valence-electron chi connectivity index (χ1n) is 6.96. The second-order valence-electron chi connectivity index (χ2n) is 5.29. The van der Waals surface area contributed by atoms with Crippen LogP contribution in [0.1, 0.15) is 35.9 Å². The maximum absolute atomic E-state index is 10.9. The zero-order valence-corrected chi connectivity index (χ0v) is 12.7. The van der Waals surface area contributed by atoms with Gasteiger partial charge >= 0.3 is 0 Å². The van der Waals surface area contributed by atoms with Gasteiger partial charge in [-0.15, -0.1) is 0 Å². The minimum Gasteiger partial charge on any atom is -0.323 e. The van der Waals surface area contributed by atoms with Gasteiger partial charge in [0, 0.05) is 23.4 Å². The molecule has 1 aliphatic rings. The molecule has 0 bridgehead atoms. The molecule has 2 heterocycles. The molecule has 0 radical (unpaired) electrons. The average Bonchev–Trinajstić information content (AvgIpc) is 3.19. The van der Waals surface area contributed by atoms with Crippen LogP contribution in [-0.2, 0) is 10.0 Å². The lowest BCUT2D eigenvalue weighted by Crippen LogP contribution is -2.14. The molecular formula is C14H25N5O2S. The third kappa shape index (κ3) is 4.15. The predicted octanol–water partition coefficient (Wildman–Crippen LogP) is 2.71. The van der Waals surface area contributed by atoms with Gasteiger partial charge in [0.15, 0.2) is 5.82 Å². The molecule has 1 aliphatic carbocycles. The number of rotatable bonds is 6. The van der Waals surface area contributed by atoms with Crippen molar-refractivity contribution in [2.75, 3.05) is 11.1 Å². The number of nitrogens with one attached hydrogen (secondary N) is 2. The van der Waals surface area contributed by atoms with E-state index < -0.39 is 10.0 Å². The number of sulfonamides is 1. The third-order valence-corrected chi connectivity index (χ3v) is 3.92. The molecule has 0 amide bonds. The Bertz CT molecular complexity index is 809. The van der Waals surface area contributed by atoms with Crippen LogP contribution in [0.15, 0.2) is 30.3 Å². The summed E-state index contributed by atoms with van der Waals surface area (Å²) in [6.07, 6.45) is 5.52. The zero-order chi connectivity index (χ0) is 15.6. The first-order chi connectivity index (χ1) is 10.5. The van der Waals surface area contributed by atoms with E-state index in [2.05, 4.69) is 20.5 Å². The highest BCUT2D eigenvalue weighted by atomic mass is 32.2. The minimum absolute atomic E-state index is 0. The molecule has 1 saturated carbocycles. The lowest BCUT2D eigenvalue weighted by atomic mass is 10.3. The molecule has 7 nitrogen and oxygen atoms in total. The smallest absolute Gasteiger partial charge is 0.212 e. The second-order valence-corrected chi connectivity index (χ2v) is 6.95. The molecule has 3 rings (SSSR count). The fourth-order valence-corrected chi connectivity index (χ4v) is 2.42. The normalized spacial score (nSPS) is 15.3. The molecule has 0 atom stereocenters. The van der Waals surface area contributed by atoms with Crippen molar-refractivity contribution in [3.05, 3.63) is 41.7 Å². The van der Waals surface area contributed by atoms with Gasteiger partial charge < -0.3 is 5.32 Å². The van der Waals surface area contributed by atoms with Crippen molar-refractivity contribution in [2.45, 2.75) is 18.8 Å². The molecule has 0 aromatic carbocycles. The fourth-order valence-electron chi connectivity index (χ4n) is 2.05. The summed E-state index contributed by atoms with van der Waals surface area (Å²) in [5.74, 6) is 1.77. The Morgan fingerprint density at radius 2 is 2.23 bits per heavy atom. The van der Waals surface area contributed by atoms with Crippen molar-refractivity contribution in [1.29, 1.82) is 0 Å². The number of hydrogen-bond donors (Lipinski definition) is 3. The Labute approximate surface area is 134 Å². The zero-order valence-electron chi connectivity index (χ0n) is 11.9. The molecule has 0 aliphatic heterocycles. The molecule has 0 saturated heterocycles. The van der Waals surface area contributed by atoms with Gasteiger partial charge in [-0.3, -0.25) is 5.10 Å². The van der Waals surface area contributed by atoms with Crippen molar-refractivity contribution in [2.24, 2.45) is 5.14 Å². The summed E-state index contributed by atoms with van der Waals surface area (Å²) in [7, 11) is -3.50. The first-order valence-corrected chi connectivity index (χ1v) is 8.67. The summed E-state index contributed by atoms with van der Waals surface area (Å²) >= 11 is 0. The van der Waals surface area contributed by atoms with Crippen LogP contribution in [0.25, 0.3) is 6.08 Å². The predicted molar refractivity (Wildman–Crippen MR) is 93.5 cm³/mol. The quantitative estimate of drug-likeness (QED) is 0.755. The molecule has 22 heavy (non-hydrogen) atoms. The van der Waals surface area contributed by atoms with Gasteiger partial charge in [0.2, 0.25) is 10.0 Å². The number of aromatic nitrogens is 3. The molecular weight excluding hydrogens is 302 g/mol. The van der Waals surface area contributed by atoms with Gasteiger partial charge in [-0.05, 0) is 31.1 Å². The molecule has 4 N–H and O–H groups in total. The molecule has 8 heteroatoms. The topological polar surface area (TPSA) is 114 Å². The van der Waals surface area contributed by atoms with Crippen molar-refractivity contribution < 1.29 is 14.1 Å². The lowest BCUT2D eigenvalue weighted by molar-refractivity contribution is 0.600. The highest BCUT2D eigenvalue weighted by Gasteiger charge is 2.25. The van der Waals surface area contributed by atoms with Crippen molar-refractivity contribution in [3.8, 4) is 0 Å². The number of pyridine rings is 1. The van der Waals surface area contributed by atoms with E-state index in [0.29, 0.717) is 17.4 Å². The number of anilines is 2. The Morgan fingerprint density at radius 3 is 2.95 bits per heavy atom. The van der Waals surface area contributed by atoms with Gasteiger partial charge in [-0.25, -0.2) is 18.5 Å². The number of nitrogens with zero attached hydrogens (tertiary/aromatic N) is 2. The van der Waals surface area contributed by atoms with E-state index in [1.807, 2.05) is 18.2 Å². The van der Waals surface area contributed by atoms with E-state index in [-0.39, 0.29) is 11.5 Å². The van der Waals surface area contributed by atoms with E-state index in [0.717, 1.165) is 11.5 Å². The van der Waals surface area contributed by atoms with Crippen LogP contribution in [0.5, 0.6) is 0 Å². The third-order valence-electron chi connectivity index (χ3n) is 3.26. The standard InChI is InChI=1S/C14H17N5O2S.4H2/c15-22(20,21)8-2-4-11-3-1-5-13(16-11)17-14-9-12(18-19-14)10-6-7-10;;;;/h1-5,9-10H,6-8H2,(H2,15,20,21)(H2,16,17,18,19);4*1H/b4-2+;;;;. The van der Waals surface area contributed by atoms with Gasteiger partial charge in [0.1, 0.15) is 5.82 Å². The van der Waals surface area contributed by atoms with E-state index in [1.165, 1.54) is 18.9 Å². The highest BCUT2D eigenvalue weighted by Crippen LogP contribution is 2.39. The van der Waals surface area contributed by atoms with Crippen LogP contribution >= 0.6 is 0 Å². The first kappa shape index (κ1) is 14.7. The number of nitrogens with two attached hydrogens (primary N) is 1. The summed E-state index contributed by atoms with van der Waals surface area (Å²) < 4.78 is 21.7. The summed E-state index contributed by atoms with van der Waals surface area (Å²) in [6.45, 7) is 0. The van der Waals surface area contributed by atoms with Crippen LogP contribution < -0.4 is 10.5 Å². The Hall–Kier alpha value is -2.19.